The Bertz CT molecular complexity index is 694. The fourth-order valence-corrected chi connectivity index (χ4v) is 2.37. The SMILES string of the molecule is Cc1cc(C)cc(Nc2nccn2-c2ccccc2)c1. The number of hydrogen-bond acceptors (Lipinski definition) is 2. The van der Waals surface area contributed by atoms with Crippen LogP contribution in [0.25, 0.3) is 5.69 Å². The molecule has 1 aromatic heterocycles. The lowest BCUT2D eigenvalue weighted by Crippen LogP contribution is -2.01. The summed E-state index contributed by atoms with van der Waals surface area (Å²) in [5.41, 5.74) is 4.64. The lowest BCUT2D eigenvalue weighted by Gasteiger charge is -2.11. The largest absolute Gasteiger partial charge is 0.325 e. The predicted octanol–water partition coefficient (Wildman–Crippen LogP) is 4.23. The van der Waals surface area contributed by atoms with E-state index < -0.39 is 0 Å². The maximum absolute atomic E-state index is 4.40. The topological polar surface area (TPSA) is 29.9 Å². The Kier molecular flexibility index (Phi) is 3.25. The monoisotopic (exact) mass is 263 g/mol. The van der Waals surface area contributed by atoms with E-state index in [4.69, 9.17) is 0 Å². The van der Waals surface area contributed by atoms with E-state index in [-0.39, 0.29) is 0 Å². The van der Waals surface area contributed by atoms with E-state index in [1.165, 1.54) is 11.1 Å². The molecule has 0 bridgehead atoms. The first-order valence-corrected chi connectivity index (χ1v) is 6.66. The number of aromatic nitrogens is 2. The molecule has 0 spiro atoms. The summed E-state index contributed by atoms with van der Waals surface area (Å²) in [6.07, 6.45) is 3.76. The van der Waals surface area contributed by atoms with Gasteiger partial charge in [0.05, 0.1) is 0 Å². The summed E-state index contributed by atoms with van der Waals surface area (Å²) in [5, 5.41) is 3.38. The van der Waals surface area contributed by atoms with Crippen LogP contribution in [0.4, 0.5) is 11.6 Å². The molecule has 0 saturated carbocycles. The molecule has 1 heterocycles. The maximum Gasteiger partial charge on any atom is 0.212 e. The number of nitrogens with one attached hydrogen (secondary N) is 1. The molecular formula is C17H17N3. The summed E-state index contributed by atoms with van der Waals surface area (Å²) in [6, 6.07) is 16.6. The van der Waals surface area contributed by atoms with Crippen molar-refractivity contribution in [1.82, 2.24) is 9.55 Å². The Morgan fingerprint density at radius 3 is 2.35 bits per heavy atom. The van der Waals surface area contributed by atoms with Crippen LogP contribution < -0.4 is 5.32 Å². The third-order valence-corrected chi connectivity index (χ3v) is 3.15. The Morgan fingerprint density at radius 1 is 0.950 bits per heavy atom. The van der Waals surface area contributed by atoms with Gasteiger partial charge in [-0.25, -0.2) is 4.98 Å². The summed E-state index contributed by atoms with van der Waals surface area (Å²) >= 11 is 0. The van der Waals surface area contributed by atoms with E-state index in [0.717, 1.165) is 17.3 Å². The second kappa shape index (κ2) is 5.21. The highest BCUT2D eigenvalue weighted by Gasteiger charge is 2.05. The van der Waals surface area contributed by atoms with Crippen LogP contribution in [0.3, 0.4) is 0 Å². The first-order valence-electron chi connectivity index (χ1n) is 6.66. The molecule has 100 valence electrons. The first-order chi connectivity index (χ1) is 9.72. The van der Waals surface area contributed by atoms with E-state index in [1.807, 2.05) is 29.0 Å². The lowest BCUT2D eigenvalue weighted by molar-refractivity contribution is 1.06. The third-order valence-electron chi connectivity index (χ3n) is 3.15. The molecule has 2 aromatic carbocycles. The van der Waals surface area contributed by atoms with Crippen molar-refractivity contribution >= 4 is 11.6 Å². The molecule has 3 rings (SSSR count). The van der Waals surface area contributed by atoms with Crippen molar-refractivity contribution in [2.75, 3.05) is 5.32 Å². The number of aryl methyl sites for hydroxylation is 2. The number of nitrogens with zero attached hydrogens (tertiary/aromatic N) is 2. The van der Waals surface area contributed by atoms with Crippen LogP contribution in [-0.2, 0) is 0 Å². The van der Waals surface area contributed by atoms with Crippen molar-refractivity contribution in [2.45, 2.75) is 13.8 Å². The van der Waals surface area contributed by atoms with Gasteiger partial charge in [-0.2, -0.15) is 0 Å². The third kappa shape index (κ3) is 2.57. The van der Waals surface area contributed by atoms with Gasteiger partial charge in [0.15, 0.2) is 0 Å². The molecule has 3 nitrogen and oxygen atoms in total. The summed E-state index contributed by atoms with van der Waals surface area (Å²) in [6.45, 7) is 4.20. The van der Waals surface area contributed by atoms with Gasteiger partial charge in [0, 0.05) is 23.8 Å². The second-order valence-electron chi connectivity index (χ2n) is 4.96. The quantitative estimate of drug-likeness (QED) is 0.766. The highest BCUT2D eigenvalue weighted by Crippen LogP contribution is 2.21. The van der Waals surface area contributed by atoms with Gasteiger partial charge in [-0.1, -0.05) is 24.3 Å². The molecule has 0 fully saturated rings. The number of hydrogen-bond donors (Lipinski definition) is 1. The van der Waals surface area contributed by atoms with E-state index >= 15 is 0 Å². The summed E-state index contributed by atoms with van der Waals surface area (Å²) in [5.74, 6) is 0.821. The second-order valence-corrected chi connectivity index (χ2v) is 4.96. The standard InChI is InChI=1S/C17H17N3/c1-13-10-14(2)12-15(11-13)19-17-18-8-9-20(17)16-6-4-3-5-7-16/h3-12H,1-2H3,(H,18,19). The minimum atomic E-state index is 0.821. The van der Waals surface area contributed by atoms with Crippen LogP contribution >= 0.6 is 0 Å². The van der Waals surface area contributed by atoms with E-state index in [1.54, 1.807) is 6.20 Å². The van der Waals surface area contributed by atoms with Crippen LogP contribution in [0.1, 0.15) is 11.1 Å². The Labute approximate surface area is 118 Å². The molecule has 0 saturated heterocycles. The minimum absolute atomic E-state index is 0.821. The normalized spacial score (nSPS) is 10.5. The van der Waals surface area contributed by atoms with Gasteiger partial charge in [0.2, 0.25) is 5.95 Å². The molecule has 0 atom stereocenters. The van der Waals surface area contributed by atoms with Crippen molar-refractivity contribution in [3.63, 3.8) is 0 Å². The Morgan fingerprint density at radius 2 is 1.65 bits per heavy atom. The molecule has 3 aromatic rings. The first kappa shape index (κ1) is 12.5. The molecule has 1 N–H and O–H groups in total. The number of imidazole rings is 1. The molecule has 0 unspecified atom stereocenters. The maximum atomic E-state index is 4.40. The highest BCUT2D eigenvalue weighted by atomic mass is 15.2. The van der Waals surface area contributed by atoms with Gasteiger partial charge in [0.1, 0.15) is 0 Å². The average Bonchev–Trinajstić information content (AvgIpc) is 2.86. The van der Waals surface area contributed by atoms with Crippen molar-refractivity contribution in [2.24, 2.45) is 0 Å². The number of para-hydroxylation sites is 1. The van der Waals surface area contributed by atoms with Crippen LogP contribution in [-0.4, -0.2) is 9.55 Å². The number of anilines is 2. The van der Waals surface area contributed by atoms with Crippen molar-refractivity contribution in [3.8, 4) is 5.69 Å². The van der Waals surface area contributed by atoms with Gasteiger partial charge in [-0.05, 0) is 49.2 Å². The zero-order valence-electron chi connectivity index (χ0n) is 11.7. The molecule has 0 amide bonds. The lowest BCUT2D eigenvalue weighted by atomic mass is 10.1. The molecular weight excluding hydrogens is 246 g/mol. The summed E-state index contributed by atoms with van der Waals surface area (Å²) in [7, 11) is 0. The molecule has 20 heavy (non-hydrogen) atoms. The van der Waals surface area contributed by atoms with E-state index in [0.29, 0.717) is 0 Å². The molecule has 0 aliphatic carbocycles. The van der Waals surface area contributed by atoms with Gasteiger partial charge < -0.3 is 5.32 Å². The van der Waals surface area contributed by atoms with Crippen LogP contribution in [0.2, 0.25) is 0 Å². The average molecular weight is 263 g/mol. The Balaban J connectivity index is 1.94. The summed E-state index contributed by atoms with van der Waals surface area (Å²) in [4.78, 5) is 4.40. The Hall–Kier alpha value is -2.55. The molecule has 3 heteroatoms. The van der Waals surface area contributed by atoms with Crippen LogP contribution in [0.5, 0.6) is 0 Å². The minimum Gasteiger partial charge on any atom is -0.325 e. The zero-order chi connectivity index (χ0) is 13.9. The number of benzene rings is 2. The van der Waals surface area contributed by atoms with Crippen LogP contribution in [0, 0.1) is 13.8 Å². The van der Waals surface area contributed by atoms with Gasteiger partial charge in [-0.3, -0.25) is 4.57 Å². The van der Waals surface area contributed by atoms with E-state index in [9.17, 15) is 0 Å². The van der Waals surface area contributed by atoms with Crippen molar-refractivity contribution in [3.05, 3.63) is 72.1 Å². The highest BCUT2D eigenvalue weighted by molar-refractivity contribution is 5.58. The van der Waals surface area contributed by atoms with Gasteiger partial charge in [-0.15, -0.1) is 0 Å². The van der Waals surface area contributed by atoms with Crippen LogP contribution in [0.15, 0.2) is 60.9 Å². The van der Waals surface area contributed by atoms with Crippen molar-refractivity contribution in [1.29, 1.82) is 0 Å². The molecule has 0 aliphatic rings. The number of rotatable bonds is 3. The fourth-order valence-electron chi connectivity index (χ4n) is 2.37. The summed E-state index contributed by atoms with van der Waals surface area (Å²) < 4.78 is 2.04. The van der Waals surface area contributed by atoms with Gasteiger partial charge >= 0.3 is 0 Å². The van der Waals surface area contributed by atoms with Gasteiger partial charge in [0.25, 0.3) is 0 Å². The van der Waals surface area contributed by atoms with Crippen molar-refractivity contribution < 1.29 is 0 Å². The smallest absolute Gasteiger partial charge is 0.212 e. The molecule has 0 aliphatic heterocycles. The zero-order valence-corrected chi connectivity index (χ0v) is 11.7. The van der Waals surface area contributed by atoms with E-state index in [2.05, 4.69) is 54.5 Å². The fraction of sp³-hybridized carbons (Fsp3) is 0.118. The molecule has 0 radical (unpaired) electrons. The predicted molar refractivity (Wildman–Crippen MR) is 82.8 cm³/mol.